The van der Waals surface area contributed by atoms with Gasteiger partial charge in [-0.25, -0.2) is 0 Å². The number of carbonyl (C=O) groups excluding carboxylic acids is 2. The molecule has 0 amide bonds. The third-order valence-electron chi connectivity index (χ3n) is 5.59. The molecule has 1 rings (SSSR count). The molecule has 1 saturated carbocycles. The fourth-order valence-electron chi connectivity index (χ4n) is 3.82. The first-order valence-corrected chi connectivity index (χ1v) is 10.5. The van der Waals surface area contributed by atoms with Gasteiger partial charge in [0.2, 0.25) is 0 Å². The van der Waals surface area contributed by atoms with E-state index in [0.29, 0.717) is 12.8 Å². The Kier molecular flexibility index (Phi) is 10.9. The number of methoxy groups -OCH3 is 1. The summed E-state index contributed by atoms with van der Waals surface area (Å²) in [5.41, 5.74) is -0.727. The lowest BCUT2D eigenvalue weighted by atomic mass is 9.87. The lowest BCUT2D eigenvalue weighted by Crippen LogP contribution is -2.23. The van der Waals surface area contributed by atoms with E-state index in [4.69, 9.17) is 0 Å². The van der Waals surface area contributed by atoms with Crippen molar-refractivity contribution in [1.29, 1.82) is 0 Å². The van der Waals surface area contributed by atoms with Crippen LogP contribution in [0, 0.1) is 11.8 Å². The number of ether oxygens (including phenoxy) is 1. The minimum Gasteiger partial charge on any atom is -0.469 e. The minimum absolute atomic E-state index is 0.127. The zero-order chi connectivity index (χ0) is 20.3. The molecule has 0 heterocycles. The van der Waals surface area contributed by atoms with Gasteiger partial charge in [0.15, 0.2) is 0 Å². The first-order chi connectivity index (χ1) is 12.8. The van der Waals surface area contributed by atoms with E-state index in [-0.39, 0.29) is 30.0 Å². The van der Waals surface area contributed by atoms with Gasteiger partial charge in [-0.3, -0.25) is 9.59 Å². The van der Waals surface area contributed by atoms with Crippen LogP contribution in [0.1, 0.15) is 84.5 Å². The summed E-state index contributed by atoms with van der Waals surface area (Å²) in [4.78, 5) is 23.3. The number of unbranched alkanes of at least 4 members (excludes halogenated alkanes) is 4. The molecule has 1 aliphatic rings. The standard InChI is InChI=1S/C22H38O5/c1-4-5-14-22(2,26)15-10-12-18-17(19(23)16-20(18)24)11-8-6-7-9-13-21(25)27-3/h10,12,17-18,20,24,26H,4-9,11,13-16H2,1-3H3/t17-,18+,20-,22+/m1/s1. The van der Waals surface area contributed by atoms with Crippen molar-refractivity contribution in [2.24, 2.45) is 11.8 Å². The number of Topliss-reactive ketones (excluding diaryl/α,β-unsaturated/α-hetero) is 1. The van der Waals surface area contributed by atoms with Crippen LogP contribution in [-0.2, 0) is 14.3 Å². The van der Waals surface area contributed by atoms with Gasteiger partial charge in [-0.1, -0.05) is 51.2 Å². The highest BCUT2D eigenvalue weighted by atomic mass is 16.5. The first kappa shape index (κ1) is 23.8. The van der Waals surface area contributed by atoms with Crippen LogP contribution in [0.15, 0.2) is 12.2 Å². The van der Waals surface area contributed by atoms with Crippen molar-refractivity contribution in [3.05, 3.63) is 12.2 Å². The molecular formula is C22H38O5. The predicted octanol–water partition coefficient (Wildman–Crippen LogP) is 3.95. The summed E-state index contributed by atoms with van der Waals surface area (Å²) < 4.78 is 4.62. The molecule has 4 atom stereocenters. The van der Waals surface area contributed by atoms with E-state index in [2.05, 4.69) is 11.7 Å². The second kappa shape index (κ2) is 12.3. The van der Waals surface area contributed by atoms with Gasteiger partial charge in [0.25, 0.3) is 0 Å². The van der Waals surface area contributed by atoms with Crippen LogP contribution in [0.25, 0.3) is 0 Å². The van der Waals surface area contributed by atoms with Crippen LogP contribution in [0.2, 0.25) is 0 Å². The Balaban J connectivity index is 2.42. The van der Waals surface area contributed by atoms with Crippen molar-refractivity contribution >= 4 is 11.8 Å². The Morgan fingerprint density at radius 3 is 2.63 bits per heavy atom. The molecule has 0 bridgehead atoms. The molecule has 156 valence electrons. The normalized spacial score (nSPS) is 25.1. The molecule has 0 radical (unpaired) electrons. The number of ketones is 1. The highest BCUT2D eigenvalue weighted by molar-refractivity contribution is 5.84. The highest BCUT2D eigenvalue weighted by Crippen LogP contribution is 2.34. The molecule has 0 aromatic carbocycles. The Morgan fingerprint density at radius 2 is 1.96 bits per heavy atom. The third-order valence-corrected chi connectivity index (χ3v) is 5.59. The summed E-state index contributed by atoms with van der Waals surface area (Å²) in [6, 6.07) is 0. The largest absolute Gasteiger partial charge is 0.469 e. The molecule has 27 heavy (non-hydrogen) atoms. The number of aliphatic hydroxyl groups is 2. The summed E-state index contributed by atoms with van der Waals surface area (Å²) in [5, 5.41) is 20.6. The number of esters is 1. The van der Waals surface area contributed by atoms with Gasteiger partial charge in [0, 0.05) is 24.7 Å². The lowest BCUT2D eigenvalue weighted by molar-refractivity contribution is -0.140. The van der Waals surface area contributed by atoms with Crippen LogP contribution in [0.4, 0.5) is 0 Å². The molecule has 2 N–H and O–H groups in total. The zero-order valence-electron chi connectivity index (χ0n) is 17.3. The number of hydrogen-bond acceptors (Lipinski definition) is 5. The molecule has 0 spiro atoms. The van der Waals surface area contributed by atoms with E-state index >= 15 is 0 Å². The molecule has 0 aliphatic heterocycles. The Labute approximate surface area is 164 Å². The summed E-state index contributed by atoms with van der Waals surface area (Å²) in [7, 11) is 1.40. The minimum atomic E-state index is -0.727. The number of aliphatic hydroxyl groups excluding tert-OH is 1. The van der Waals surface area contributed by atoms with Crippen LogP contribution in [0.3, 0.4) is 0 Å². The maximum atomic E-state index is 12.2. The second-order valence-corrected chi connectivity index (χ2v) is 8.18. The van der Waals surface area contributed by atoms with Gasteiger partial charge in [0.05, 0.1) is 18.8 Å². The molecule has 0 unspecified atom stereocenters. The van der Waals surface area contributed by atoms with E-state index in [1.165, 1.54) is 7.11 Å². The van der Waals surface area contributed by atoms with E-state index in [9.17, 15) is 19.8 Å². The monoisotopic (exact) mass is 382 g/mol. The van der Waals surface area contributed by atoms with Crippen molar-refractivity contribution in [3.8, 4) is 0 Å². The molecular weight excluding hydrogens is 344 g/mol. The van der Waals surface area contributed by atoms with E-state index in [0.717, 1.165) is 51.4 Å². The maximum Gasteiger partial charge on any atom is 0.305 e. The van der Waals surface area contributed by atoms with Crippen molar-refractivity contribution in [2.45, 2.75) is 96.2 Å². The van der Waals surface area contributed by atoms with Gasteiger partial charge in [-0.15, -0.1) is 0 Å². The second-order valence-electron chi connectivity index (χ2n) is 8.18. The Hall–Kier alpha value is -1.20. The number of carbonyl (C=O) groups is 2. The van der Waals surface area contributed by atoms with Crippen molar-refractivity contribution in [1.82, 2.24) is 0 Å². The zero-order valence-corrected chi connectivity index (χ0v) is 17.3. The Bertz CT molecular complexity index is 483. The van der Waals surface area contributed by atoms with Crippen LogP contribution >= 0.6 is 0 Å². The third kappa shape index (κ3) is 9.02. The van der Waals surface area contributed by atoms with Gasteiger partial charge in [0.1, 0.15) is 5.78 Å². The van der Waals surface area contributed by atoms with Crippen molar-refractivity contribution in [3.63, 3.8) is 0 Å². The summed E-state index contributed by atoms with van der Waals surface area (Å²) in [6.45, 7) is 3.95. The van der Waals surface area contributed by atoms with E-state index < -0.39 is 11.7 Å². The average molecular weight is 383 g/mol. The summed E-state index contributed by atoms with van der Waals surface area (Å²) in [6.07, 6.45) is 11.7. The Morgan fingerprint density at radius 1 is 1.26 bits per heavy atom. The molecule has 1 aliphatic carbocycles. The average Bonchev–Trinajstić information content (AvgIpc) is 2.89. The van der Waals surface area contributed by atoms with Gasteiger partial charge >= 0.3 is 5.97 Å². The number of hydrogen-bond donors (Lipinski definition) is 2. The maximum absolute atomic E-state index is 12.2. The van der Waals surface area contributed by atoms with Gasteiger partial charge in [-0.05, 0) is 32.6 Å². The molecule has 5 nitrogen and oxygen atoms in total. The quantitative estimate of drug-likeness (QED) is 0.286. The van der Waals surface area contributed by atoms with Crippen molar-refractivity contribution < 1.29 is 24.5 Å². The topological polar surface area (TPSA) is 83.8 Å². The van der Waals surface area contributed by atoms with Gasteiger partial charge in [-0.2, -0.15) is 0 Å². The van der Waals surface area contributed by atoms with E-state index in [1.54, 1.807) is 0 Å². The molecule has 0 aromatic heterocycles. The molecule has 1 fully saturated rings. The van der Waals surface area contributed by atoms with Crippen LogP contribution < -0.4 is 0 Å². The van der Waals surface area contributed by atoms with Crippen molar-refractivity contribution in [2.75, 3.05) is 7.11 Å². The summed E-state index contributed by atoms with van der Waals surface area (Å²) >= 11 is 0. The molecule has 5 heteroatoms. The first-order valence-electron chi connectivity index (χ1n) is 10.5. The fraction of sp³-hybridized carbons (Fsp3) is 0.818. The molecule has 0 saturated heterocycles. The van der Waals surface area contributed by atoms with Crippen LogP contribution in [-0.4, -0.2) is 40.8 Å². The smallest absolute Gasteiger partial charge is 0.305 e. The van der Waals surface area contributed by atoms with Crippen LogP contribution in [0.5, 0.6) is 0 Å². The fourth-order valence-corrected chi connectivity index (χ4v) is 3.82. The lowest BCUT2D eigenvalue weighted by Gasteiger charge is -2.22. The predicted molar refractivity (Wildman–Crippen MR) is 106 cm³/mol. The SMILES string of the molecule is CCCC[C@](C)(O)CC=C[C@@H]1[C@H](O)CC(=O)[C@@H]1CCCCCCC(=O)OC. The molecule has 0 aromatic rings. The van der Waals surface area contributed by atoms with Gasteiger partial charge < -0.3 is 14.9 Å². The van der Waals surface area contributed by atoms with E-state index in [1.807, 2.05) is 19.1 Å². The summed E-state index contributed by atoms with van der Waals surface area (Å²) in [5.74, 6) is -0.305. The highest BCUT2D eigenvalue weighted by Gasteiger charge is 2.39. The number of rotatable bonds is 13.